The number of nitrogens with one attached hydrogen (secondary N) is 2. The second-order valence-electron chi connectivity index (χ2n) is 6.71. The highest BCUT2D eigenvalue weighted by atomic mass is 32.2. The number of halogens is 4. The molecule has 2 aromatic rings. The predicted octanol–water partition coefficient (Wildman–Crippen LogP) is 5.03. The number of carbonyl (C=O) groups is 1. The van der Waals surface area contributed by atoms with Gasteiger partial charge in [-0.25, -0.2) is 9.18 Å². The van der Waals surface area contributed by atoms with E-state index < -0.39 is 23.6 Å². The first kappa shape index (κ1) is 21.3. The van der Waals surface area contributed by atoms with Crippen molar-refractivity contribution in [1.82, 2.24) is 5.32 Å². The summed E-state index contributed by atoms with van der Waals surface area (Å²) >= 11 is 1.92. The lowest BCUT2D eigenvalue weighted by Gasteiger charge is -2.29. The van der Waals surface area contributed by atoms with Gasteiger partial charge in [-0.2, -0.15) is 24.9 Å². The first-order valence-electron chi connectivity index (χ1n) is 9.08. The molecule has 1 heterocycles. The van der Waals surface area contributed by atoms with Gasteiger partial charge in [0.2, 0.25) is 0 Å². The first-order valence-corrected chi connectivity index (χ1v) is 10.2. The summed E-state index contributed by atoms with van der Waals surface area (Å²) in [5, 5.41) is 5.05. The van der Waals surface area contributed by atoms with Gasteiger partial charge in [-0.1, -0.05) is 6.07 Å². The maximum absolute atomic E-state index is 13.2. The Labute approximate surface area is 170 Å². The highest BCUT2D eigenvalue weighted by Gasteiger charge is 2.33. The van der Waals surface area contributed by atoms with Gasteiger partial charge in [0, 0.05) is 42.5 Å². The Hall–Kier alpha value is -2.42. The molecule has 1 saturated heterocycles. The van der Waals surface area contributed by atoms with E-state index in [4.69, 9.17) is 0 Å². The third-order valence-electron chi connectivity index (χ3n) is 4.65. The summed E-state index contributed by atoms with van der Waals surface area (Å²) in [6.45, 7) is 3.43. The van der Waals surface area contributed by atoms with E-state index in [0.717, 1.165) is 48.0 Å². The van der Waals surface area contributed by atoms with Crippen LogP contribution in [0.3, 0.4) is 0 Å². The van der Waals surface area contributed by atoms with Crippen molar-refractivity contribution >= 4 is 29.2 Å². The molecule has 1 fully saturated rings. The Morgan fingerprint density at radius 1 is 1.14 bits per heavy atom. The molecule has 0 radical (unpaired) electrons. The van der Waals surface area contributed by atoms with Gasteiger partial charge in [-0.15, -0.1) is 0 Å². The maximum Gasteiger partial charge on any atom is 0.416 e. The molecule has 0 bridgehead atoms. The van der Waals surface area contributed by atoms with Gasteiger partial charge in [0.1, 0.15) is 5.82 Å². The van der Waals surface area contributed by atoms with Gasteiger partial charge in [0.25, 0.3) is 0 Å². The highest BCUT2D eigenvalue weighted by Crippen LogP contribution is 2.32. The van der Waals surface area contributed by atoms with Crippen molar-refractivity contribution in [2.24, 2.45) is 0 Å². The molecule has 0 atom stereocenters. The molecule has 2 amide bonds. The largest absolute Gasteiger partial charge is 0.416 e. The van der Waals surface area contributed by atoms with E-state index in [2.05, 4.69) is 15.5 Å². The molecular formula is C20H21F4N3OS. The second-order valence-corrected chi connectivity index (χ2v) is 7.93. The average Bonchev–Trinajstić information content (AvgIpc) is 2.68. The van der Waals surface area contributed by atoms with Gasteiger partial charge in [-0.3, -0.25) is 0 Å². The highest BCUT2D eigenvalue weighted by molar-refractivity contribution is 7.99. The number of rotatable bonds is 4. The zero-order valence-electron chi connectivity index (χ0n) is 15.8. The first-order chi connectivity index (χ1) is 13.7. The summed E-state index contributed by atoms with van der Waals surface area (Å²) in [6, 6.07) is 7.43. The Morgan fingerprint density at radius 2 is 1.86 bits per heavy atom. The van der Waals surface area contributed by atoms with Crippen molar-refractivity contribution in [3.8, 4) is 0 Å². The van der Waals surface area contributed by atoms with E-state index in [-0.39, 0.29) is 12.1 Å². The van der Waals surface area contributed by atoms with E-state index in [9.17, 15) is 22.4 Å². The fourth-order valence-electron chi connectivity index (χ4n) is 3.12. The van der Waals surface area contributed by atoms with Crippen LogP contribution in [0.15, 0.2) is 36.4 Å². The third kappa shape index (κ3) is 5.56. The summed E-state index contributed by atoms with van der Waals surface area (Å²) in [7, 11) is 0. The van der Waals surface area contributed by atoms with Crippen molar-refractivity contribution in [1.29, 1.82) is 0 Å². The van der Waals surface area contributed by atoms with Gasteiger partial charge < -0.3 is 15.5 Å². The lowest BCUT2D eigenvalue weighted by atomic mass is 10.1. The standard InChI is InChI=1S/C20H21F4N3OS/c1-13-10-16(27-6-8-29-9-7-27)4-5-18(13)26-19(28)25-12-14-2-3-15(21)11-17(14)20(22,23)24/h2-5,10-11H,6-9,12H2,1H3,(H2,25,26,28). The molecule has 2 aromatic carbocycles. The number of hydrogen-bond donors (Lipinski definition) is 2. The van der Waals surface area contributed by atoms with Crippen LogP contribution in [-0.2, 0) is 12.7 Å². The summed E-state index contributed by atoms with van der Waals surface area (Å²) in [5.41, 5.74) is 1.21. The lowest BCUT2D eigenvalue weighted by molar-refractivity contribution is -0.138. The average molecular weight is 427 g/mol. The van der Waals surface area contributed by atoms with Crippen molar-refractivity contribution in [2.45, 2.75) is 19.6 Å². The number of thioether (sulfide) groups is 1. The number of hydrogen-bond acceptors (Lipinski definition) is 3. The van der Waals surface area contributed by atoms with Gasteiger partial charge >= 0.3 is 12.2 Å². The van der Waals surface area contributed by atoms with Crippen LogP contribution < -0.4 is 15.5 Å². The molecule has 29 heavy (non-hydrogen) atoms. The molecule has 1 aliphatic heterocycles. The van der Waals surface area contributed by atoms with Crippen molar-refractivity contribution in [3.63, 3.8) is 0 Å². The van der Waals surface area contributed by atoms with E-state index in [1.807, 2.05) is 30.8 Å². The number of amides is 2. The SMILES string of the molecule is Cc1cc(N2CCSCC2)ccc1NC(=O)NCc1ccc(F)cc1C(F)(F)F. The van der Waals surface area contributed by atoms with Crippen molar-refractivity contribution in [3.05, 3.63) is 58.9 Å². The number of carbonyl (C=O) groups excluding carboxylic acids is 1. The number of urea groups is 1. The van der Waals surface area contributed by atoms with Crippen LogP contribution in [0.25, 0.3) is 0 Å². The lowest BCUT2D eigenvalue weighted by Crippen LogP contribution is -2.32. The zero-order valence-corrected chi connectivity index (χ0v) is 16.6. The molecule has 0 aromatic heterocycles. The quantitative estimate of drug-likeness (QED) is 0.673. The maximum atomic E-state index is 13.2. The van der Waals surface area contributed by atoms with E-state index in [0.29, 0.717) is 11.8 Å². The van der Waals surface area contributed by atoms with Crippen LogP contribution in [0, 0.1) is 12.7 Å². The number of anilines is 2. The molecule has 2 N–H and O–H groups in total. The Kier molecular flexibility index (Phi) is 6.56. The van der Waals surface area contributed by atoms with Crippen LogP contribution in [0.4, 0.5) is 33.7 Å². The van der Waals surface area contributed by atoms with Gasteiger partial charge in [-0.05, 0) is 48.4 Å². The number of aryl methyl sites for hydroxylation is 1. The van der Waals surface area contributed by atoms with Crippen LogP contribution in [0.1, 0.15) is 16.7 Å². The minimum atomic E-state index is -4.70. The van der Waals surface area contributed by atoms with Crippen LogP contribution >= 0.6 is 11.8 Å². The number of benzene rings is 2. The monoisotopic (exact) mass is 427 g/mol. The normalized spacial score (nSPS) is 14.6. The Morgan fingerprint density at radius 3 is 2.52 bits per heavy atom. The van der Waals surface area contributed by atoms with E-state index in [1.165, 1.54) is 0 Å². The number of nitrogens with zero attached hydrogens (tertiary/aromatic N) is 1. The molecule has 1 aliphatic rings. The molecular weight excluding hydrogens is 406 g/mol. The summed E-state index contributed by atoms with van der Waals surface area (Å²) < 4.78 is 52.3. The van der Waals surface area contributed by atoms with Crippen molar-refractivity contribution < 1.29 is 22.4 Å². The Balaban J connectivity index is 1.63. The second kappa shape index (κ2) is 8.94. The molecule has 3 rings (SSSR count). The van der Waals surface area contributed by atoms with E-state index >= 15 is 0 Å². The zero-order chi connectivity index (χ0) is 21.0. The van der Waals surface area contributed by atoms with Gasteiger partial charge in [0.05, 0.1) is 5.56 Å². The minimum Gasteiger partial charge on any atom is -0.370 e. The number of alkyl halides is 3. The smallest absolute Gasteiger partial charge is 0.370 e. The fraction of sp³-hybridized carbons (Fsp3) is 0.350. The molecule has 0 aliphatic carbocycles. The Bertz CT molecular complexity index is 883. The third-order valence-corrected chi connectivity index (χ3v) is 5.59. The minimum absolute atomic E-state index is 0.205. The van der Waals surface area contributed by atoms with Crippen LogP contribution in [0.5, 0.6) is 0 Å². The molecule has 0 saturated carbocycles. The predicted molar refractivity (Wildman–Crippen MR) is 108 cm³/mol. The van der Waals surface area contributed by atoms with Gasteiger partial charge in [0.15, 0.2) is 0 Å². The molecule has 0 unspecified atom stereocenters. The van der Waals surface area contributed by atoms with Crippen molar-refractivity contribution in [2.75, 3.05) is 34.8 Å². The van der Waals surface area contributed by atoms with Crippen LogP contribution in [0.2, 0.25) is 0 Å². The summed E-state index contributed by atoms with van der Waals surface area (Å²) in [5.74, 6) is 1.17. The molecule has 156 valence electrons. The topological polar surface area (TPSA) is 44.4 Å². The molecule has 9 heteroatoms. The molecule has 4 nitrogen and oxygen atoms in total. The van der Waals surface area contributed by atoms with E-state index in [1.54, 1.807) is 6.07 Å². The fourth-order valence-corrected chi connectivity index (χ4v) is 4.02. The van der Waals surface area contributed by atoms with Crippen LogP contribution in [-0.4, -0.2) is 30.6 Å². The molecule has 0 spiro atoms. The summed E-state index contributed by atoms with van der Waals surface area (Å²) in [4.78, 5) is 14.4. The summed E-state index contributed by atoms with van der Waals surface area (Å²) in [6.07, 6.45) is -4.70.